The first-order valence-corrected chi connectivity index (χ1v) is 15.1. The molecule has 0 aliphatic heterocycles. The highest BCUT2D eigenvalue weighted by atomic mass is 32.1. The topological polar surface area (TPSA) is 38.7 Å². The summed E-state index contributed by atoms with van der Waals surface area (Å²) >= 11 is 1.79. The van der Waals surface area contributed by atoms with Gasteiger partial charge in [-0.1, -0.05) is 140 Å². The number of aromatic nitrogens is 3. The lowest BCUT2D eigenvalue weighted by molar-refractivity contribution is 1.08. The summed E-state index contributed by atoms with van der Waals surface area (Å²) < 4.78 is 2.43. The summed E-state index contributed by atoms with van der Waals surface area (Å²) in [6.45, 7) is 0. The van der Waals surface area contributed by atoms with E-state index < -0.39 is 0 Å². The minimum atomic E-state index is 0.653. The SMILES string of the molecule is c1ccc(-c2ccccc2-c2nc(-c3ccccc3-c3ccccc3)nc(-c3cccc4c3sc3ccccc34)n2)cc1. The number of nitrogens with zero attached hydrogens (tertiary/aromatic N) is 3. The van der Waals surface area contributed by atoms with Gasteiger partial charge in [0.15, 0.2) is 17.5 Å². The molecule has 0 spiro atoms. The fourth-order valence-electron chi connectivity index (χ4n) is 5.76. The van der Waals surface area contributed by atoms with E-state index >= 15 is 0 Å². The molecule has 43 heavy (non-hydrogen) atoms. The number of rotatable bonds is 5. The molecular formula is C39H25N3S. The average Bonchev–Trinajstić information content (AvgIpc) is 3.48. The Morgan fingerprint density at radius 2 is 0.744 bits per heavy atom. The zero-order valence-electron chi connectivity index (χ0n) is 23.2. The summed E-state index contributed by atoms with van der Waals surface area (Å²) in [6.07, 6.45) is 0. The van der Waals surface area contributed by atoms with Crippen LogP contribution in [0, 0.1) is 0 Å². The van der Waals surface area contributed by atoms with Crippen molar-refractivity contribution in [3.05, 3.63) is 152 Å². The van der Waals surface area contributed by atoms with E-state index in [0.29, 0.717) is 17.5 Å². The fraction of sp³-hybridized carbons (Fsp3) is 0. The second-order valence-corrected chi connectivity index (χ2v) is 11.5. The van der Waals surface area contributed by atoms with Crippen LogP contribution in [0.2, 0.25) is 0 Å². The number of benzene rings is 6. The molecule has 6 aromatic carbocycles. The van der Waals surface area contributed by atoms with Gasteiger partial charge in [-0.2, -0.15) is 0 Å². The largest absolute Gasteiger partial charge is 0.208 e. The van der Waals surface area contributed by atoms with Crippen molar-refractivity contribution in [1.82, 2.24) is 15.0 Å². The predicted octanol–water partition coefficient (Wildman–Crippen LogP) is 10.6. The van der Waals surface area contributed by atoms with E-state index in [9.17, 15) is 0 Å². The lowest BCUT2D eigenvalue weighted by Gasteiger charge is -2.14. The van der Waals surface area contributed by atoms with Gasteiger partial charge in [0, 0.05) is 36.9 Å². The molecule has 0 unspecified atom stereocenters. The summed E-state index contributed by atoms with van der Waals surface area (Å²) in [4.78, 5) is 15.6. The quantitative estimate of drug-likeness (QED) is 0.208. The van der Waals surface area contributed by atoms with Crippen molar-refractivity contribution >= 4 is 31.5 Å². The Labute approximate surface area is 253 Å². The highest BCUT2D eigenvalue weighted by Gasteiger charge is 2.19. The Morgan fingerprint density at radius 3 is 1.33 bits per heavy atom. The van der Waals surface area contributed by atoms with Gasteiger partial charge in [-0.15, -0.1) is 11.3 Å². The monoisotopic (exact) mass is 567 g/mol. The molecule has 202 valence electrons. The summed E-state index contributed by atoms with van der Waals surface area (Å²) in [5.41, 5.74) is 7.37. The Morgan fingerprint density at radius 1 is 0.326 bits per heavy atom. The number of hydrogen-bond donors (Lipinski definition) is 0. The zero-order chi connectivity index (χ0) is 28.6. The van der Waals surface area contributed by atoms with Gasteiger partial charge in [0.2, 0.25) is 0 Å². The van der Waals surface area contributed by atoms with Crippen molar-refractivity contribution in [2.24, 2.45) is 0 Å². The minimum absolute atomic E-state index is 0.653. The van der Waals surface area contributed by atoms with Crippen molar-refractivity contribution in [2.45, 2.75) is 0 Å². The molecule has 0 aliphatic carbocycles. The Balaban J connectivity index is 1.41. The third-order valence-electron chi connectivity index (χ3n) is 7.79. The van der Waals surface area contributed by atoms with Gasteiger partial charge < -0.3 is 0 Å². The van der Waals surface area contributed by atoms with E-state index in [2.05, 4.69) is 140 Å². The average molecular weight is 568 g/mol. The zero-order valence-corrected chi connectivity index (χ0v) is 24.0. The summed E-state index contributed by atoms with van der Waals surface area (Å²) in [5, 5.41) is 2.47. The van der Waals surface area contributed by atoms with E-state index in [0.717, 1.165) is 38.9 Å². The first-order valence-electron chi connectivity index (χ1n) is 14.3. The van der Waals surface area contributed by atoms with Crippen LogP contribution in [0.15, 0.2) is 152 Å². The molecule has 4 heteroatoms. The van der Waals surface area contributed by atoms with Crippen LogP contribution in [0.5, 0.6) is 0 Å². The fourth-order valence-corrected chi connectivity index (χ4v) is 6.97. The second kappa shape index (κ2) is 10.8. The molecule has 0 fully saturated rings. The second-order valence-electron chi connectivity index (χ2n) is 10.4. The Bertz CT molecular complexity index is 2140. The Kier molecular flexibility index (Phi) is 6.32. The molecule has 3 nitrogen and oxygen atoms in total. The van der Waals surface area contributed by atoms with Crippen LogP contribution in [-0.4, -0.2) is 15.0 Å². The molecule has 8 aromatic rings. The van der Waals surface area contributed by atoms with Crippen molar-refractivity contribution in [3.8, 4) is 56.4 Å². The summed E-state index contributed by atoms with van der Waals surface area (Å²) in [7, 11) is 0. The lowest BCUT2D eigenvalue weighted by Crippen LogP contribution is -2.02. The molecule has 8 rings (SSSR count). The standard InChI is InChI=1S/C39H25N3S/c1-3-14-26(15-4-1)28-18-7-9-21-32(28)37-40-38(33-22-10-8-19-29(33)27-16-5-2-6-17-27)42-39(41-37)34-24-13-23-31-30-20-11-12-25-35(30)43-36(31)34/h1-25H. The van der Waals surface area contributed by atoms with E-state index in [4.69, 9.17) is 15.0 Å². The molecule has 0 aliphatic rings. The molecule has 0 atom stereocenters. The van der Waals surface area contributed by atoms with Gasteiger partial charge in [0.05, 0.1) is 0 Å². The van der Waals surface area contributed by atoms with Crippen LogP contribution in [0.1, 0.15) is 0 Å². The van der Waals surface area contributed by atoms with Gasteiger partial charge in [-0.3, -0.25) is 0 Å². The highest BCUT2D eigenvalue weighted by molar-refractivity contribution is 7.26. The van der Waals surface area contributed by atoms with Crippen molar-refractivity contribution in [1.29, 1.82) is 0 Å². The van der Waals surface area contributed by atoms with E-state index in [1.54, 1.807) is 11.3 Å². The molecule has 0 bridgehead atoms. The number of fused-ring (bicyclic) bond motifs is 3. The van der Waals surface area contributed by atoms with Gasteiger partial charge in [0.25, 0.3) is 0 Å². The molecule has 0 radical (unpaired) electrons. The van der Waals surface area contributed by atoms with E-state index in [1.807, 2.05) is 12.1 Å². The van der Waals surface area contributed by atoms with Crippen LogP contribution in [-0.2, 0) is 0 Å². The van der Waals surface area contributed by atoms with E-state index in [-0.39, 0.29) is 0 Å². The third kappa shape index (κ3) is 4.58. The third-order valence-corrected chi connectivity index (χ3v) is 9.01. The normalized spacial score (nSPS) is 11.3. The van der Waals surface area contributed by atoms with E-state index in [1.165, 1.54) is 20.2 Å². The highest BCUT2D eigenvalue weighted by Crippen LogP contribution is 2.40. The molecule has 0 saturated heterocycles. The van der Waals surface area contributed by atoms with Gasteiger partial charge in [0.1, 0.15) is 0 Å². The van der Waals surface area contributed by atoms with Gasteiger partial charge in [-0.05, 0) is 34.4 Å². The smallest absolute Gasteiger partial charge is 0.165 e. The van der Waals surface area contributed by atoms with Crippen LogP contribution < -0.4 is 0 Å². The summed E-state index contributed by atoms with van der Waals surface area (Å²) in [5.74, 6) is 1.98. The van der Waals surface area contributed by atoms with Crippen LogP contribution >= 0.6 is 11.3 Å². The first kappa shape index (κ1) is 25.3. The number of thiophene rings is 1. The lowest BCUT2D eigenvalue weighted by atomic mass is 9.98. The predicted molar refractivity (Wildman–Crippen MR) is 180 cm³/mol. The molecule has 0 amide bonds. The molecule has 0 N–H and O–H groups in total. The maximum Gasteiger partial charge on any atom is 0.165 e. The first-order chi connectivity index (χ1) is 21.3. The molecule has 2 heterocycles. The van der Waals surface area contributed by atoms with Crippen LogP contribution in [0.25, 0.3) is 76.6 Å². The molecular weight excluding hydrogens is 543 g/mol. The van der Waals surface area contributed by atoms with Crippen molar-refractivity contribution < 1.29 is 0 Å². The van der Waals surface area contributed by atoms with Crippen LogP contribution in [0.4, 0.5) is 0 Å². The maximum absolute atomic E-state index is 5.19. The van der Waals surface area contributed by atoms with Crippen LogP contribution in [0.3, 0.4) is 0 Å². The Hall–Kier alpha value is -5.45. The minimum Gasteiger partial charge on any atom is -0.208 e. The maximum atomic E-state index is 5.19. The summed E-state index contributed by atoms with van der Waals surface area (Å²) in [6, 6.07) is 52.6. The molecule has 0 saturated carbocycles. The number of hydrogen-bond acceptors (Lipinski definition) is 4. The van der Waals surface area contributed by atoms with Crippen molar-refractivity contribution in [2.75, 3.05) is 0 Å². The van der Waals surface area contributed by atoms with Gasteiger partial charge in [-0.25, -0.2) is 15.0 Å². The van der Waals surface area contributed by atoms with Gasteiger partial charge >= 0.3 is 0 Å². The van der Waals surface area contributed by atoms with Crippen molar-refractivity contribution in [3.63, 3.8) is 0 Å². The molecule has 2 aromatic heterocycles.